The van der Waals surface area contributed by atoms with Gasteiger partial charge in [0.15, 0.2) is 11.9 Å². The van der Waals surface area contributed by atoms with E-state index in [9.17, 15) is 24.3 Å². The van der Waals surface area contributed by atoms with Crippen molar-refractivity contribution in [1.82, 2.24) is 21.3 Å². The Hall–Kier alpha value is -3.27. The van der Waals surface area contributed by atoms with Gasteiger partial charge in [0.1, 0.15) is 18.1 Å². The molecule has 216 valence electrons. The molecule has 0 bridgehead atoms. The lowest BCUT2D eigenvalue weighted by Gasteiger charge is -2.25. The van der Waals surface area contributed by atoms with Crippen LogP contribution in [-0.4, -0.2) is 96.5 Å². The van der Waals surface area contributed by atoms with E-state index in [1.165, 1.54) is 11.8 Å². The average Bonchev–Trinajstić information content (AvgIpc) is 3.39. The molecule has 1 fully saturated rings. The fourth-order valence-electron chi connectivity index (χ4n) is 3.76. The number of aliphatic carboxylic acids is 1. The van der Waals surface area contributed by atoms with Crippen molar-refractivity contribution in [2.75, 3.05) is 31.6 Å². The van der Waals surface area contributed by atoms with E-state index in [2.05, 4.69) is 31.3 Å². The van der Waals surface area contributed by atoms with Crippen molar-refractivity contribution >= 4 is 47.4 Å². The number of guanidine groups is 2. The van der Waals surface area contributed by atoms with Crippen LogP contribution in [0.4, 0.5) is 0 Å². The topological polar surface area (TPSA) is 265 Å². The molecule has 1 aliphatic heterocycles. The normalized spacial score (nSPS) is 16.9. The van der Waals surface area contributed by atoms with Crippen LogP contribution in [0.2, 0.25) is 0 Å². The molecule has 4 atom stereocenters. The molecule has 4 unspecified atom stereocenters. The Morgan fingerprint density at radius 3 is 1.89 bits per heavy atom. The fourth-order valence-corrected chi connectivity index (χ4v) is 4.23. The molecule has 0 aromatic rings. The largest absolute Gasteiger partial charge is 0.480 e. The second-order valence-electron chi connectivity index (χ2n) is 8.85. The molecule has 1 aliphatic rings. The van der Waals surface area contributed by atoms with Gasteiger partial charge in [-0.1, -0.05) is 0 Å². The van der Waals surface area contributed by atoms with Crippen molar-refractivity contribution in [2.24, 2.45) is 32.9 Å². The van der Waals surface area contributed by atoms with E-state index in [4.69, 9.17) is 22.9 Å². The van der Waals surface area contributed by atoms with E-state index in [0.717, 1.165) is 13.0 Å². The van der Waals surface area contributed by atoms with Gasteiger partial charge in [0.2, 0.25) is 17.7 Å². The van der Waals surface area contributed by atoms with Crippen molar-refractivity contribution in [3.05, 3.63) is 0 Å². The van der Waals surface area contributed by atoms with E-state index >= 15 is 0 Å². The number of rotatable bonds is 18. The van der Waals surface area contributed by atoms with Crippen LogP contribution in [0.15, 0.2) is 9.98 Å². The Kier molecular flexibility index (Phi) is 15.6. The lowest BCUT2D eigenvalue weighted by atomic mass is 10.1. The van der Waals surface area contributed by atoms with Crippen LogP contribution in [0, 0.1) is 0 Å². The number of nitrogens with one attached hydrogen (secondary N) is 4. The van der Waals surface area contributed by atoms with Crippen molar-refractivity contribution in [3.63, 3.8) is 0 Å². The number of carbonyl (C=O) groups excluding carboxylic acids is 3. The number of nitrogens with two attached hydrogens (primary N) is 4. The second-order valence-corrected chi connectivity index (χ2v) is 9.84. The van der Waals surface area contributed by atoms with Gasteiger partial charge in [-0.2, -0.15) is 11.8 Å². The van der Waals surface area contributed by atoms with E-state index in [-0.39, 0.29) is 49.8 Å². The summed E-state index contributed by atoms with van der Waals surface area (Å²) in [7, 11) is 0. The highest BCUT2D eigenvalue weighted by atomic mass is 32.2. The first kappa shape index (κ1) is 32.8. The molecule has 0 saturated carbocycles. The zero-order valence-corrected chi connectivity index (χ0v) is 22.6. The molecule has 0 aromatic heterocycles. The standard InChI is InChI=1S/C22H42N10O5S/c1-38-12-8-15(31-17(33)13-5-2-9-27-13)19(35)30-14(6-3-10-28-21(23)24)18(34)32-16(20(36)37)7-4-11-29-22(25)26/h13-16,27H,2-12H2,1H3,(H,30,35)(H,31,33)(H,32,34)(H,36,37)(H4,23,24,28)(H4,25,26,29). The Bertz CT molecular complexity index is 842. The van der Waals surface area contributed by atoms with Crippen LogP contribution >= 0.6 is 11.8 Å². The average molecular weight is 559 g/mol. The Balaban J connectivity index is 2.93. The van der Waals surface area contributed by atoms with Gasteiger partial charge in [-0.05, 0) is 63.5 Å². The van der Waals surface area contributed by atoms with Gasteiger partial charge in [0, 0.05) is 13.1 Å². The zero-order chi connectivity index (χ0) is 28.5. The summed E-state index contributed by atoms with van der Waals surface area (Å²) in [5.74, 6) is -2.34. The van der Waals surface area contributed by atoms with E-state index < -0.39 is 35.9 Å². The molecule has 15 nitrogen and oxygen atoms in total. The minimum Gasteiger partial charge on any atom is -0.480 e. The van der Waals surface area contributed by atoms with Crippen LogP contribution in [0.5, 0.6) is 0 Å². The minimum absolute atomic E-state index is 0.0767. The summed E-state index contributed by atoms with van der Waals surface area (Å²) >= 11 is 1.52. The molecule has 13 N–H and O–H groups in total. The first-order valence-corrected chi connectivity index (χ1v) is 13.9. The summed E-state index contributed by atoms with van der Waals surface area (Å²) in [5, 5.41) is 20.6. The molecule has 1 heterocycles. The molecule has 0 radical (unpaired) electrons. The van der Waals surface area contributed by atoms with Crippen molar-refractivity contribution in [1.29, 1.82) is 0 Å². The predicted octanol–water partition coefficient (Wildman–Crippen LogP) is -2.86. The molecule has 0 spiro atoms. The lowest BCUT2D eigenvalue weighted by molar-refractivity contribution is -0.142. The quantitative estimate of drug-likeness (QED) is 0.0469. The number of carbonyl (C=O) groups is 4. The predicted molar refractivity (Wildman–Crippen MR) is 147 cm³/mol. The van der Waals surface area contributed by atoms with Gasteiger partial charge in [-0.25, -0.2) is 4.79 Å². The Morgan fingerprint density at radius 1 is 0.895 bits per heavy atom. The summed E-state index contributed by atoms with van der Waals surface area (Å²) in [6.07, 6.45) is 4.66. The number of carboxylic acid groups (broad SMARTS) is 1. The maximum atomic E-state index is 13.2. The van der Waals surface area contributed by atoms with Gasteiger partial charge in [0.05, 0.1) is 6.04 Å². The lowest BCUT2D eigenvalue weighted by Crippen LogP contribution is -2.57. The summed E-state index contributed by atoms with van der Waals surface area (Å²) in [6, 6.07) is -3.52. The summed E-state index contributed by atoms with van der Waals surface area (Å²) in [5.41, 5.74) is 21.3. The Labute approximate surface area is 226 Å². The smallest absolute Gasteiger partial charge is 0.326 e. The fraction of sp³-hybridized carbons (Fsp3) is 0.727. The number of hydrogen-bond acceptors (Lipinski definition) is 8. The molecule has 0 aromatic carbocycles. The van der Waals surface area contributed by atoms with Crippen LogP contribution in [0.3, 0.4) is 0 Å². The number of amides is 3. The number of aliphatic imine (C=N–C) groups is 2. The maximum Gasteiger partial charge on any atom is 0.326 e. The molecular weight excluding hydrogens is 516 g/mol. The van der Waals surface area contributed by atoms with Crippen LogP contribution < -0.4 is 44.2 Å². The minimum atomic E-state index is -1.23. The highest BCUT2D eigenvalue weighted by molar-refractivity contribution is 7.98. The van der Waals surface area contributed by atoms with Gasteiger partial charge in [-0.3, -0.25) is 24.4 Å². The molecule has 3 amide bonds. The summed E-state index contributed by atoms with van der Waals surface area (Å²) in [6.45, 7) is 1.14. The van der Waals surface area contributed by atoms with Crippen LogP contribution in [0.25, 0.3) is 0 Å². The first-order chi connectivity index (χ1) is 18.0. The van der Waals surface area contributed by atoms with Gasteiger partial charge < -0.3 is 49.3 Å². The second kappa shape index (κ2) is 18.1. The molecule has 38 heavy (non-hydrogen) atoms. The number of thioether (sulfide) groups is 1. The molecule has 1 saturated heterocycles. The number of hydrogen-bond donors (Lipinski definition) is 9. The first-order valence-electron chi connectivity index (χ1n) is 12.5. The van der Waals surface area contributed by atoms with E-state index in [1.807, 2.05) is 6.26 Å². The third-order valence-corrected chi connectivity index (χ3v) is 6.40. The van der Waals surface area contributed by atoms with E-state index in [0.29, 0.717) is 31.4 Å². The molecule has 16 heteroatoms. The SMILES string of the molecule is CSCCC(NC(=O)C1CCCN1)C(=O)NC(CCCN=C(N)N)C(=O)NC(CCCN=C(N)N)C(=O)O. The number of carboxylic acids is 1. The Morgan fingerprint density at radius 2 is 1.42 bits per heavy atom. The zero-order valence-electron chi connectivity index (χ0n) is 21.8. The third kappa shape index (κ3) is 13.3. The molecular formula is C22H42N10O5S. The van der Waals surface area contributed by atoms with Crippen LogP contribution in [-0.2, 0) is 19.2 Å². The molecule has 1 rings (SSSR count). The molecule has 0 aliphatic carbocycles. The van der Waals surface area contributed by atoms with Crippen molar-refractivity contribution in [2.45, 2.75) is 69.1 Å². The van der Waals surface area contributed by atoms with Crippen molar-refractivity contribution < 1.29 is 24.3 Å². The summed E-state index contributed by atoms with van der Waals surface area (Å²) < 4.78 is 0. The maximum absolute atomic E-state index is 13.2. The third-order valence-electron chi connectivity index (χ3n) is 5.76. The van der Waals surface area contributed by atoms with Gasteiger partial charge >= 0.3 is 5.97 Å². The monoisotopic (exact) mass is 558 g/mol. The highest BCUT2D eigenvalue weighted by Gasteiger charge is 2.31. The number of nitrogens with zero attached hydrogens (tertiary/aromatic N) is 2. The van der Waals surface area contributed by atoms with Gasteiger partial charge in [-0.15, -0.1) is 0 Å². The van der Waals surface area contributed by atoms with Crippen LogP contribution in [0.1, 0.15) is 44.9 Å². The van der Waals surface area contributed by atoms with E-state index in [1.54, 1.807) is 0 Å². The highest BCUT2D eigenvalue weighted by Crippen LogP contribution is 2.09. The van der Waals surface area contributed by atoms with Gasteiger partial charge in [0.25, 0.3) is 0 Å². The van der Waals surface area contributed by atoms with Crippen molar-refractivity contribution in [3.8, 4) is 0 Å². The summed E-state index contributed by atoms with van der Waals surface area (Å²) in [4.78, 5) is 58.3.